The third kappa shape index (κ3) is 2.66. The van der Waals surface area contributed by atoms with Gasteiger partial charge in [0.25, 0.3) is 0 Å². The van der Waals surface area contributed by atoms with Gasteiger partial charge in [0.05, 0.1) is 6.54 Å². The number of aryl methyl sites for hydroxylation is 1. The summed E-state index contributed by atoms with van der Waals surface area (Å²) in [4.78, 5) is 3.20. The van der Waals surface area contributed by atoms with Gasteiger partial charge in [-0.2, -0.15) is 0 Å². The van der Waals surface area contributed by atoms with E-state index in [2.05, 4.69) is 47.6 Å². The summed E-state index contributed by atoms with van der Waals surface area (Å²) in [5, 5.41) is 3.47. The number of anilines is 1. The van der Waals surface area contributed by atoms with Gasteiger partial charge in [-0.25, -0.2) is 0 Å². The van der Waals surface area contributed by atoms with Gasteiger partial charge in [-0.1, -0.05) is 31.5 Å². The van der Waals surface area contributed by atoms with Crippen LogP contribution >= 0.6 is 0 Å². The first-order valence-electron chi connectivity index (χ1n) is 5.84. The number of H-pyrrole nitrogens is 1. The van der Waals surface area contributed by atoms with Gasteiger partial charge < -0.3 is 10.3 Å². The number of hydrogen-bond acceptors (Lipinski definition) is 1. The van der Waals surface area contributed by atoms with Crippen molar-refractivity contribution < 1.29 is 0 Å². The predicted molar refractivity (Wildman–Crippen MR) is 68.6 cm³/mol. The van der Waals surface area contributed by atoms with Crippen molar-refractivity contribution in [3.8, 4) is 0 Å². The van der Waals surface area contributed by atoms with E-state index in [-0.39, 0.29) is 0 Å². The van der Waals surface area contributed by atoms with Crippen LogP contribution in [0, 0.1) is 0 Å². The van der Waals surface area contributed by atoms with Crippen LogP contribution < -0.4 is 5.32 Å². The Morgan fingerprint density at radius 1 is 1.12 bits per heavy atom. The maximum Gasteiger partial charge on any atom is 0.0551 e. The smallest absolute Gasteiger partial charge is 0.0551 e. The quantitative estimate of drug-likeness (QED) is 0.782. The molecular formula is C14H18N2. The fraction of sp³-hybridized carbons (Fsp3) is 0.286. The SMILES string of the molecule is CCCc1ccccc1NCc1ccc[nH]1. The molecule has 0 unspecified atom stereocenters. The van der Waals surface area contributed by atoms with Crippen molar-refractivity contribution in [3.63, 3.8) is 0 Å². The highest BCUT2D eigenvalue weighted by Crippen LogP contribution is 2.17. The summed E-state index contributed by atoms with van der Waals surface area (Å²) in [5.41, 5.74) is 3.86. The Kier molecular flexibility index (Phi) is 3.65. The number of para-hydroxylation sites is 1. The number of hydrogen-bond donors (Lipinski definition) is 2. The molecule has 0 spiro atoms. The van der Waals surface area contributed by atoms with Gasteiger partial charge in [-0.15, -0.1) is 0 Å². The lowest BCUT2D eigenvalue weighted by Gasteiger charge is -2.10. The molecule has 0 aliphatic rings. The lowest BCUT2D eigenvalue weighted by Crippen LogP contribution is -2.02. The number of aromatic amines is 1. The van der Waals surface area contributed by atoms with E-state index in [1.54, 1.807) is 0 Å². The molecule has 2 nitrogen and oxygen atoms in total. The van der Waals surface area contributed by atoms with Crippen molar-refractivity contribution in [2.24, 2.45) is 0 Å². The van der Waals surface area contributed by atoms with Gasteiger partial charge in [0.15, 0.2) is 0 Å². The molecular weight excluding hydrogens is 196 g/mol. The summed E-state index contributed by atoms with van der Waals surface area (Å²) in [6.45, 7) is 3.06. The van der Waals surface area contributed by atoms with Crippen LogP contribution in [-0.4, -0.2) is 4.98 Å². The molecule has 0 saturated heterocycles. The minimum absolute atomic E-state index is 0.855. The molecule has 2 heteroatoms. The second-order valence-corrected chi connectivity index (χ2v) is 3.96. The largest absolute Gasteiger partial charge is 0.379 e. The molecule has 2 aromatic rings. The summed E-state index contributed by atoms with van der Waals surface area (Å²) in [6.07, 6.45) is 4.27. The molecule has 0 aliphatic heterocycles. The Balaban J connectivity index is 2.03. The zero-order chi connectivity index (χ0) is 11.2. The van der Waals surface area contributed by atoms with E-state index in [4.69, 9.17) is 0 Å². The highest BCUT2D eigenvalue weighted by atomic mass is 14.9. The fourth-order valence-electron chi connectivity index (χ4n) is 1.85. The summed E-state index contributed by atoms with van der Waals surface area (Å²) < 4.78 is 0. The van der Waals surface area contributed by atoms with Crippen molar-refractivity contribution in [2.45, 2.75) is 26.3 Å². The van der Waals surface area contributed by atoms with E-state index in [0.29, 0.717) is 0 Å². The Morgan fingerprint density at radius 2 is 2.00 bits per heavy atom. The first-order chi connectivity index (χ1) is 7.90. The van der Waals surface area contributed by atoms with Gasteiger partial charge in [0.1, 0.15) is 0 Å². The van der Waals surface area contributed by atoms with Crippen molar-refractivity contribution in [1.29, 1.82) is 0 Å². The second-order valence-electron chi connectivity index (χ2n) is 3.96. The lowest BCUT2D eigenvalue weighted by molar-refractivity contribution is 0.918. The second kappa shape index (κ2) is 5.40. The summed E-state index contributed by atoms with van der Waals surface area (Å²) in [6, 6.07) is 12.6. The first-order valence-corrected chi connectivity index (χ1v) is 5.84. The molecule has 0 atom stereocenters. The highest BCUT2D eigenvalue weighted by molar-refractivity contribution is 5.51. The Hall–Kier alpha value is -1.70. The van der Waals surface area contributed by atoms with Gasteiger partial charge in [-0.3, -0.25) is 0 Å². The van der Waals surface area contributed by atoms with Crippen LogP contribution in [0.1, 0.15) is 24.6 Å². The average Bonchev–Trinajstić information content (AvgIpc) is 2.81. The molecule has 16 heavy (non-hydrogen) atoms. The zero-order valence-electron chi connectivity index (χ0n) is 9.66. The summed E-state index contributed by atoms with van der Waals surface area (Å²) in [5.74, 6) is 0. The van der Waals surface area contributed by atoms with Crippen LogP contribution in [0.4, 0.5) is 5.69 Å². The van der Waals surface area contributed by atoms with E-state index in [1.165, 1.54) is 23.4 Å². The summed E-state index contributed by atoms with van der Waals surface area (Å²) in [7, 11) is 0. The normalized spacial score (nSPS) is 10.3. The molecule has 0 amide bonds. The highest BCUT2D eigenvalue weighted by Gasteiger charge is 2.00. The number of aromatic nitrogens is 1. The van der Waals surface area contributed by atoms with Crippen LogP contribution in [0.15, 0.2) is 42.6 Å². The van der Waals surface area contributed by atoms with E-state index in [0.717, 1.165) is 13.0 Å². The van der Waals surface area contributed by atoms with Crippen molar-refractivity contribution in [1.82, 2.24) is 4.98 Å². The topological polar surface area (TPSA) is 27.8 Å². The number of nitrogens with one attached hydrogen (secondary N) is 2. The average molecular weight is 214 g/mol. The van der Waals surface area contributed by atoms with E-state index in [9.17, 15) is 0 Å². The molecule has 84 valence electrons. The molecule has 1 aromatic heterocycles. The monoisotopic (exact) mass is 214 g/mol. The third-order valence-electron chi connectivity index (χ3n) is 2.67. The molecule has 0 radical (unpaired) electrons. The van der Waals surface area contributed by atoms with Crippen LogP contribution in [-0.2, 0) is 13.0 Å². The maximum absolute atomic E-state index is 3.47. The Labute approximate surface area is 96.7 Å². The molecule has 2 rings (SSSR count). The van der Waals surface area contributed by atoms with E-state index < -0.39 is 0 Å². The van der Waals surface area contributed by atoms with Crippen molar-refractivity contribution in [3.05, 3.63) is 53.9 Å². The number of benzene rings is 1. The molecule has 0 bridgehead atoms. The van der Waals surface area contributed by atoms with Gasteiger partial charge >= 0.3 is 0 Å². The van der Waals surface area contributed by atoms with Gasteiger partial charge in [-0.05, 0) is 30.2 Å². The zero-order valence-corrected chi connectivity index (χ0v) is 9.66. The third-order valence-corrected chi connectivity index (χ3v) is 2.67. The van der Waals surface area contributed by atoms with E-state index >= 15 is 0 Å². The van der Waals surface area contributed by atoms with Crippen molar-refractivity contribution in [2.75, 3.05) is 5.32 Å². The standard InChI is InChI=1S/C14H18N2/c1-2-6-12-7-3-4-9-14(12)16-11-13-8-5-10-15-13/h3-5,7-10,15-16H,2,6,11H2,1H3. The molecule has 1 aromatic carbocycles. The van der Waals surface area contributed by atoms with Crippen LogP contribution in [0.2, 0.25) is 0 Å². The minimum atomic E-state index is 0.855. The lowest BCUT2D eigenvalue weighted by atomic mass is 10.1. The number of rotatable bonds is 5. The minimum Gasteiger partial charge on any atom is -0.379 e. The van der Waals surface area contributed by atoms with E-state index in [1.807, 2.05) is 12.3 Å². The van der Waals surface area contributed by atoms with Gasteiger partial charge in [0.2, 0.25) is 0 Å². The molecule has 0 fully saturated rings. The van der Waals surface area contributed by atoms with Gasteiger partial charge in [0, 0.05) is 17.6 Å². The van der Waals surface area contributed by atoms with Crippen LogP contribution in [0.5, 0.6) is 0 Å². The first kappa shape index (κ1) is 10.8. The molecule has 2 N–H and O–H groups in total. The maximum atomic E-state index is 3.47. The molecule has 1 heterocycles. The molecule has 0 saturated carbocycles. The summed E-state index contributed by atoms with van der Waals surface area (Å²) >= 11 is 0. The van der Waals surface area contributed by atoms with Crippen LogP contribution in [0.25, 0.3) is 0 Å². The Bertz CT molecular complexity index is 418. The van der Waals surface area contributed by atoms with Crippen LogP contribution in [0.3, 0.4) is 0 Å². The fourth-order valence-corrected chi connectivity index (χ4v) is 1.85. The molecule has 0 aliphatic carbocycles. The predicted octanol–water partition coefficient (Wildman–Crippen LogP) is 3.58. The Morgan fingerprint density at radius 3 is 2.75 bits per heavy atom. The van der Waals surface area contributed by atoms with Crippen molar-refractivity contribution >= 4 is 5.69 Å².